The van der Waals surface area contributed by atoms with Gasteiger partial charge in [0.2, 0.25) is 5.28 Å². The first-order valence-corrected chi connectivity index (χ1v) is 8.73. The molecule has 0 spiro atoms. The van der Waals surface area contributed by atoms with Crippen molar-refractivity contribution in [3.63, 3.8) is 0 Å². The third kappa shape index (κ3) is 4.45. The highest BCUT2D eigenvalue weighted by Gasteiger charge is 2.27. The summed E-state index contributed by atoms with van der Waals surface area (Å²) in [6.45, 7) is 10.1. The molecule has 1 fully saturated rings. The summed E-state index contributed by atoms with van der Waals surface area (Å²) < 4.78 is 17.4. The quantitative estimate of drug-likeness (QED) is 0.628. The van der Waals surface area contributed by atoms with Gasteiger partial charge in [0.1, 0.15) is 16.3 Å². The summed E-state index contributed by atoms with van der Waals surface area (Å²) in [4.78, 5) is 10.7. The van der Waals surface area contributed by atoms with E-state index in [1.54, 1.807) is 0 Å². The van der Waals surface area contributed by atoms with Crippen molar-refractivity contribution in [1.29, 1.82) is 0 Å². The van der Waals surface area contributed by atoms with Gasteiger partial charge in [-0.15, -0.1) is 0 Å². The zero-order valence-corrected chi connectivity index (χ0v) is 14.5. The lowest BCUT2D eigenvalue weighted by atomic mass is 10.2. The van der Waals surface area contributed by atoms with E-state index in [0.29, 0.717) is 19.0 Å². The minimum atomic E-state index is -1.01. The topological polar surface area (TPSA) is 61.3 Å². The van der Waals surface area contributed by atoms with Gasteiger partial charge < -0.3 is 14.2 Å². The highest BCUT2D eigenvalue weighted by atomic mass is 35.5. The summed E-state index contributed by atoms with van der Waals surface area (Å²) >= 11 is 5.02. The minimum absolute atomic E-state index is 0.201. The Kier molecular flexibility index (Phi) is 5.35. The summed E-state index contributed by atoms with van der Waals surface area (Å²) in [6.07, 6.45) is 0. The summed E-state index contributed by atoms with van der Waals surface area (Å²) in [7, 11) is 0. The Morgan fingerprint density at radius 3 is 2.81 bits per heavy atom. The molecule has 5 nitrogen and oxygen atoms in total. The first-order valence-electron chi connectivity index (χ1n) is 7.03. The molecule has 2 heterocycles. The van der Waals surface area contributed by atoms with Crippen molar-refractivity contribution in [1.82, 2.24) is 9.97 Å². The lowest BCUT2D eigenvalue weighted by Gasteiger charge is -2.34. The number of anilines is 1. The van der Waals surface area contributed by atoms with E-state index in [-0.39, 0.29) is 16.1 Å². The third-order valence-electron chi connectivity index (χ3n) is 3.36. The number of hydrogen-bond donors (Lipinski definition) is 0. The van der Waals surface area contributed by atoms with Crippen LogP contribution >= 0.6 is 11.6 Å². The molecular formula is C14H22ClN3O2S. The van der Waals surface area contributed by atoms with Gasteiger partial charge in [-0.3, -0.25) is 0 Å². The van der Waals surface area contributed by atoms with Crippen LogP contribution in [-0.4, -0.2) is 45.1 Å². The molecule has 118 valence electrons. The Hall–Kier alpha value is -0.560. The number of hydrogen-bond acceptors (Lipinski definition) is 5. The normalized spacial score (nSPS) is 21.4. The zero-order chi connectivity index (χ0) is 15.6. The summed E-state index contributed by atoms with van der Waals surface area (Å²) in [5, 5.41) is 0.201. The smallest absolute Gasteiger partial charge is 0.224 e. The van der Waals surface area contributed by atoms with Crippen LogP contribution in [0.2, 0.25) is 5.28 Å². The molecular weight excluding hydrogens is 310 g/mol. The fourth-order valence-corrected chi connectivity index (χ4v) is 3.14. The molecule has 0 radical (unpaired) electrons. The van der Waals surface area contributed by atoms with Gasteiger partial charge in [-0.05, 0) is 50.5 Å². The van der Waals surface area contributed by atoms with Crippen LogP contribution in [0.15, 0.2) is 6.07 Å². The number of halogens is 1. The molecule has 1 unspecified atom stereocenters. The van der Waals surface area contributed by atoms with Crippen molar-refractivity contribution in [3.05, 3.63) is 17.0 Å². The largest absolute Gasteiger partial charge is 0.616 e. The molecule has 1 saturated heterocycles. The second-order valence-electron chi connectivity index (χ2n) is 6.21. The van der Waals surface area contributed by atoms with Crippen molar-refractivity contribution < 1.29 is 9.29 Å². The SMILES string of the molecule is C[C@H]1COCCN1c1cc(C[S+]([O-])C(C)(C)C)nc(Cl)n1. The molecule has 0 saturated carbocycles. The molecule has 0 bridgehead atoms. The summed E-state index contributed by atoms with van der Waals surface area (Å²) in [5.41, 5.74) is 0.719. The first kappa shape index (κ1) is 16.8. The van der Waals surface area contributed by atoms with E-state index < -0.39 is 11.2 Å². The van der Waals surface area contributed by atoms with Gasteiger partial charge in [-0.25, -0.2) is 9.97 Å². The number of ether oxygens (including phenoxy) is 1. The highest BCUT2D eigenvalue weighted by Crippen LogP contribution is 2.24. The average molecular weight is 332 g/mol. The standard InChI is InChI=1S/C14H22ClN3O2S/c1-10-8-20-6-5-18(10)12-7-11(16-13(15)17-12)9-21(19)14(2,3)4/h7,10H,5-6,8-9H2,1-4H3/t10-,21?/m0/s1. The van der Waals surface area contributed by atoms with E-state index in [0.717, 1.165) is 18.1 Å². The summed E-state index contributed by atoms with van der Waals surface area (Å²) in [6, 6.07) is 2.13. The van der Waals surface area contributed by atoms with Gasteiger partial charge in [-0.2, -0.15) is 0 Å². The van der Waals surface area contributed by atoms with E-state index in [9.17, 15) is 4.55 Å². The first-order chi connectivity index (χ1) is 9.77. The van der Waals surface area contributed by atoms with Crippen LogP contribution in [0.4, 0.5) is 5.82 Å². The molecule has 0 amide bonds. The molecule has 21 heavy (non-hydrogen) atoms. The van der Waals surface area contributed by atoms with Gasteiger partial charge in [0.25, 0.3) is 0 Å². The van der Waals surface area contributed by atoms with Gasteiger partial charge in [0.05, 0.1) is 24.9 Å². The molecule has 1 aliphatic rings. The van der Waals surface area contributed by atoms with Crippen LogP contribution in [0.1, 0.15) is 33.4 Å². The van der Waals surface area contributed by atoms with Crippen molar-refractivity contribution in [2.24, 2.45) is 0 Å². The number of nitrogens with zero attached hydrogens (tertiary/aromatic N) is 3. The maximum atomic E-state index is 12.3. The van der Waals surface area contributed by atoms with E-state index in [1.165, 1.54) is 0 Å². The van der Waals surface area contributed by atoms with Gasteiger partial charge in [0, 0.05) is 12.6 Å². The Bertz CT molecular complexity index is 496. The fraction of sp³-hybridized carbons (Fsp3) is 0.714. The van der Waals surface area contributed by atoms with Gasteiger partial charge >= 0.3 is 0 Å². The molecule has 2 rings (SSSR count). The number of rotatable bonds is 3. The van der Waals surface area contributed by atoms with Crippen molar-refractivity contribution >= 4 is 28.6 Å². The molecule has 1 aromatic heterocycles. The minimum Gasteiger partial charge on any atom is -0.616 e. The van der Waals surface area contributed by atoms with Gasteiger partial charge in [-0.1, -0.05) is 0 Å². The number of morpholine rings is 1. The lowest BCUT2D eigenvalue weighted by Crippen LogP contribution is -2.44. The van der Waals surface area contributed by atoms with Crippen LogP contribution < -0.4 is 4.90 Å². The van der Waals surface area contributed by atoms with E-state index in [2.05, 4.69) is 21.8 Å². The zero-order valence-electron chi connectivity index (χ0n) is 12.9. The Morgan fingerprint density at radius 2 is 2.19 bits per heavy atom. The fourth-order valence-electron chi connectivity index (χ4n) is 2.09. The Balaban J connectivity index is 2.21. The van der Waals surface area contributed by atoms with E-state index in [4.69, 9.17) is 16.3 Å². The second-order valence-corrected chi connectivity index (χ2v) is 8.75. The maximum Gasteiger partial charge on any atom is 0.224 e. The van der Waals surface area contributed by atoms with Crippen LogP contribution in [-0.2, 0) is 21.7 Å². The molecule has 7 heteroatoms. The number of aromatic nitrogens is 2. The Labute approximate surface area is 134 Å². The molecule has 0 aliphatic carbocycles. The predicted molar refractivity (Wildman–Crippen MR) is 86.3 cm³/mol. The molecule has 0 aromatic carbocycles. The van der Waals surface area contributed by atoms with Crippen LogP contribution in [0.5, 0.6) is 0 Å². The van der Waals surface area contributed by atoms with Crippen LogP contribution in [0.25, 0.3) is 0 Å². The maximum absolute atomic E-state index is 12.3. The van der Waals surface area contributed by atoms with Gasteiger partial charge in [0.15, 0.2) is 0 Å². The second kappa shape index (κ2) is 6.69. The third-order valence-corrected chi connectivity index (χ3v) is 5.46. The van der Waals surface area contributed by atoms with Crippen molar-refractivity contribution in [2.45, 2.75) is 44.2 Å². The molecule has 1 aromatic rings. The summed E-state index contributed by atoms with van der Waals surface area (Å²) in [5.74, 6) is 1.17. The molecule has 2 atom stereocenters. The molecule has 0 N–H and O–H groups in total. The monoisotopic (exact) mass is 331 g/mol. The van der Waals surface area contributed by atoms with E-state index in [1.807, 2.05) is 26.8 Å². The molecule has 1 aliphatic heterocycles. The van der Waals surface area contributed by atoms with Crippen molar-refractivity contribution in [3.8, 4) is 0 Å². The Morgan fingerprint density at radius 1 is 1.48 bits per heavy atom. The van der Waals surface area contributed by atoms with Crippen LogP contribution in [0.3, 0.4) is 0 Å². The van der Waals surface area contributed by atoms with Crippen LogP contribution in [0, 0.1) is 0 Å². The average Bonchev–Trinajstić information content (AvgIpc) is 2.37. The predicted octanol–water partition coefficient (Wildman–Crippen LogP) is 2.40. The lowest BCUT2D eigenvalue weighted by molar-refractivity contribution is 0.0985. The van der Waals surface area contributed by atoms with E-state index >= 15 is 0 Å². The van der Waals surface area contributed by atoms with Crippen molar-refractivity contribution in [2.75, 3.05) is 24.7 Å². The highest BCUT2D eigenvalue weighted by molar-refractivity contribution is 7.91.